The van der Waals surface area contributed by atoms with E-state index in [0.29, 0.717) is 6.04 Å². The average Bonchev–Trinajstić information content (AvgIpc) is 2.72. The zero-order valence-corrected chi connectivity index (χ0v) is 15.5. The van der Waals surface area contributed by atoms with Gasteiger partial charge >= 0.3 is 6.09 Å². The molecule has 23 heavy (non-hydrogen) atoms. The quantitative estimate of drug-likeness (QED) is 0.780. The highest BCUT2D eigenvalue weighted by Crippen LogP contribution is 2.37. The van der Waals surface area contributed by atoms with E-state index in [2.05, 4.69) is 26.2 Å². The number of hydrogen-bond donors (Lipinski definition) is 1. The number of fused-ring (bicyclic) bond motifs is 2. The minimum absolute atomic E-state index is 0.159. The summed E-state index contributed by atoms with van der Waals surface area (Å²) in [4.78, 5) is 18.7. The van der Waals surface area contributed by atoms with Crippen LogP contribution in [0.2, 0.25) is 0 Å². The van der Waals surface area contributed by atoms with Crippen LogP contribution in [0, 0.1) is 0 Å². The number of carbonyl (C=O) groups is 1. The van der Waals surface area contributed by atoms with E-state index in [1.165, 1.54) is 0 Å². The van der Waals surface area contributed by atoms with Crippen LogP contribution in [-0.4, -0.2) is 39.7 Å². The summed E-state index contributed by atoms with van der Waals surface area (Å²) in [6.07, 6.45) is 5.75. The third-order valence-corrected chi connectivity index (χ3v) is 4.90. The number of pyridine rings is 1. The van der Waals surface area contributed by atoms with E-state index in [0.717, 1.165) is 36.0 Å². The maximum Gasteiger partial charge on any atom is 0.410 e. The molecule has 0 saturated carbocycles. The van der Waals surface area contributed by atoms with Crippen molar-refractivity contribution >= 4 is 27.7 Å². The minimum Gasteiger partial charge on any atom is -0.444 e. The lowest BCUT2D eigenvalue weighted by Gasteiger charge is -2.40. The van der Waals surface area contributed by atoms with Gasteiger partial charge in [0.25, 0.3) is 0 Å². The Morgan fingerprint density at radius 3 is 2.48 bits per heavy atom. The molecule has 3 heterocycles. The highest BCUT2D eigenvalue weighted by Gasteiger charge is 2.44. The molecule has 3 rings (SSSR count). The summed E-state index contributed by atoms with van der Waals surface area (Å²) >= 11 is 3.35. The van der Waals surface area contributed by atoms with Gasteiger partial charge in [-0.3, -0.25) is 0 Å². The highest BCUT2D eigenvalue weighted by atomic mass is 79.9. The topological polar surface area (TPSA) is 54.5 Å². The molecular weight excluding hydrogens is 358 g/mol. The van der Waals surface area contributed by atoms with Crippen molar-refractivity contribution in [1.82, 2.24) is 9.88 Å². The molecule has 0 aromatic carbocycles. The zero-order valence-electron chi connectivity index (χ0n) is 13.9. The molecule has 2 saturated heterocycles. The first kappa shape index (κ1) is 16.6. The highest BCUT2D eigenvalue weighted by molar-refractivity contribution is 9.10. The molecule has 1 amide bonds. The maximum absolute atomic E-state index is 12.4. The van der Waals surface area contributed by atoms with Gasteiger partial charge in [-0.15, -0.1) is 0 Å². The van der Waals surface area contributed by atoms with E-state index in [9.17, 15) is 4.79 Å². The van der Waals surface area contributed by atoms with Crippen LogP contribution in [0.4, 0.5) is 10.5 Å². The number of halogens is 1. The predicted octanol–water partition coefficient (Wildman–Crippen LogP) is 4.19. The van der Waals surface area contributed by atoms with Crippen LogP contribution < -0.4 is 5.32 Å². The predicted molar refractivity (Wildman–Crippen MR) is 93.5 cm³/mol. The lowest BCUT2D eigenvalue weighted by Crippen LogP contribution is -2.51. The maximum atomic E-state index is 12.4. The molecule has 2 aliphatic rings. The van der Waals surface area contributed by atoms with Crippen LogP contribution in [0.1, 0.15) is 46.5 Å². The molecule has 2 aliphatic heterocycles. The van der Waals surface area contributed by atoms with Gasteiger partial charge in [0.2, 0.25) is 0 Å². The molecule has 6 heteroatoms. The fourth-order valence-electron chi connectivity index (χ4n) is 3.60. The number of carbonyl (C=O) groups excluding carboxylic acids is 1. The van der Waals surface area contributed by atoms with Gasteiger partial charge in [-0.1, -0.05) is 0 Å². The lowest BCUT2D eigenvalue weighted by atomic mass is 9.97. The molecule has 1 aromatic rings. The van der Waals surface area contributed by atoms with Crippen LogP contribution in [0.5, 0.6) is 0 Å². The van der Waals surface area contributed by atoms with Crippen molar-refractivity contribution in [2.75, 3.05) is 5.32 Å². The van der Waals surface area contributed by atoms with Crippen molar-refractivity contribution in [3.63, 3.8) is 0 Å². The molecular formula is C17H24BrN3O2. The van der Waals surface area contributed by atoms with Crippen molar-refractivity contribution < 1.29 is 9.53 Å². The first-order chi connectivity index (χ1) is 10.8. The molecule has 5 nitrogen and oxygen atoms in total. The summed E-state index contributed by atoms with van der Waals surface area (Å²) in [5.41, 5.74) is 0.595. The normalized spacial score (nSPS) is 27.0. The third kappa shape index (κ3) is 3.97. The Bertz CT molecular complexity index is 556. The van der Waals surface area contributed by atoms with Crippen LogP contribution >= 0.6 is 15.9 Å². The summed E-state index contributed by atoms with van der Waals surface area (Å²) in [5.74, 6) is 0. The Morgan fingerprint density at radius 2 is 1.96 bits per heavy atom. The van der Waals surface area contributed by atoms with Crippen LogP contribution in [0.25, 0.3) is 0 Å². The van der Waals surface area contributed by atoms with Gasteiger partial charge in [0.05, 0.1) is 11.9 Å². The molecule has 2 unspecified atom stereocenters. The first-order valence-electron chi connectivity index (χ1n) is 8.21. The van der Waals surface area contributed by atoms with E-state index in [1.54, 1.807) is 0 Å². The van der Waals surface area contributed by atoms with Crippen LogP contribution in [-0.2, 0) is 4.74 Å². The van der Waals surface area contributed by atoms with Crippen LogP contribution in [0.15, 0.2) is 22.9 Å². The van der Waals surface area contributed by atoms with E-state index < -0.39 is 5.60 Å². The molecule has 0 radical (unpaired) electrons. The van der Waals surface area contributed by atoms with Gasteiger partial charge in [0.1, 0.15) is 10.2 Å². The fraction of sp³-hybridized carbons (Fsp3) is 0.647. The largest absolute Gasteiger partial charge is 0.444 e. The summed E-state index contributed by atoms with van der Waals surface area (Å²) in [5, 5.41) is 3.55. The number of anilines is 1. The Kier molecular flexibility index (Phi) is 4.54. The molecule has 0 aliphatic carbocycles. The number of nitrogens with zero attached hydrogens (tertiary/aromatic N) is 2. The zero-order chi connectivity index (χ0) is 16.6. The van der Waals surface area contributed by atoms with Crippen molar-refractivity contribution in [2.24, 2.45) is 0 Å². The summed E-state index contributed by atoms with van der Waals surface area (Å²) < 4.78 is 6.41. The molecule has 126 valence electrons. The molecule has 2 fully saturated rings. The number of ether oxygens (including phenoxy) is 1. The van der Waals surface area contributed by atoms with Gasteiger partial charge in [0.15, 0.2) is 0 Å². The summed E-state index contributed by atoms with van der Waals surface area (Å²) in [6, 6.07) is 4.91. The number of piperidine rings is 1. The van der Waals surface area contributed by atoms with E-state index in [4.69, 9.17) is 4.74 Å². The Morgan fingerprint density at radius 1 is 1.30 bits per heavy atom. The standard InChI is InChI=1S/C17H24BrN3O2/c1-17(2,3)23-16(22)21-13-5-6-14(21)9-12(8-13)20-11-4-7-15(18)19-10-11/h4,7,10,12-14,20H,5-6,8-9H2,1-3H3. The molecule has 0 spiro atoms. The second kappa shape index (κ2) is 6.30. The lowest BCUT2D eigenvalue weighted by molar-refractivity contribution is 0.00684. The second-order valence-corrected chi connectivity index (χ2v) is 8.27. The second-order valence-electron chi connectivity index (χ2n) is 7.45. The Balaban J connectivity index is 1.62. The molecule has 1 aromatic heterocycles. The van der Waals surface area contributed by atoms with Crippen molar-refractivity contribution in [3.8, 4) is 0 Å². The number of aromatic nitrogens is 1. The van der Waals surface area contributed by atoms with E-state index >= 15 is 0 Å². The molecule has 2 bridgehead atoms. The molecule has 1 N–H and O–H groups in total. The van der Waals surface area contributed by atoms with Crippen molar-refractivity contribution in [2.45, 2.75) is 70.2 Å². The van der Waals surface area contributed by atoms with Gasteiger partial charge < -0.3 is 15.0 Å². The van der Waals surface area contributed by atoms with Crippen molar-refractivity contribution in [1.29, 1.82) is 0 Å². The van der Waals surface area contributed by atoms with Crippen molar-refractivity contribution in [3.05, 3.63) is 22.9 Å². The average molecular weight is 382 g/mol. The number of nitrogens with one attached hydrogen (secondary N) is 1. The summed E-state index contributed by atoms with van der Waals surface area (Å²) in [6.45, 7) is 5.75. The Labute approximate surface area is 145 Å². The van der Waals surface area contributed by atoms with Gasteiger partial charge in [-0.2, -0.15) is 0 Å². The van der Waals surface area contributed by atoms with Gasteiger partial charge in [-0.05, 0) is 74.5 Å². The monoisotopic (exact) mass is 381 g/mol. The fourth-order valence-corrected chi connectivity index (χ4v) is 3.84. The first-order valence-corrected chi connectivity index (χ1v) is 9.00. The number of hydrogen-bond acceptors (Lipinski definition) is 4. The van der Waals surface area contributed by atoms with Gasteiger partial charge in [0, 0.05) is 18.1 Å². The SMILES string of the molecule is CC(C)(C)OC(=O)N1C2CCC1CC(Nc1ccc(Br)nc1)C2. The third-order valence-electron chi connectivity index (χ3n) is 4.44. The van der Waals surface area contributed by atoms with E-state index in [-0.39, 0.29) is 18.2 Å². The summed E-state index contributed by atoms with van der Waals surface area (Å²) in [7, 11) is 0. The minimum atomic E-state index is -0.436. The number of rotatable bonds is 2. The van der Waals surface area contributed by atoms with Crippen LogP contribution in [0.3, 0.4) is 0 Å². The van der Waals surface area contributed by atoms with Gasteiger partial charge in [-0.25, -0.2) is 9.78 Å². The van der Waals surface area contributed by atoms with E-state index in [1.807, 2.05) is 44.0 Å². The smallest absolute Gasteiger partial charge is 0.410 e. The number of amides is 1. The molecule has 2 atom stereocenters. The Hall–Kier alpha value is -1.30.